The minimum absolute atomic E-state index is 0.285. The van der Waals surface area contributed by atoms with E-state index in [4.69, 9.17) is 16.3 Å². The van der Waals surface area contributed by atoms with Crippen molar-refractivity contribution in [1.82, 2.24) is 9.80 Å². The van der Waals surface area contributed by atoms with Crippen LogP contribution in [-0.4, -0.2) is 61.0 Å². The molecule has 0 saturated carbocycles. The second-order valence-electron chi connectivity index (χ2n) is 7.90. The zero-order chi connectivity index (χ0) is 22.0. The Morgan fingerprint density at radius 3 is 2.32 bits per heavy atom. The molecule has 2 heterocycles. The molecule has 6 nitrogen and oxygen atoms in total. The molecule has 1 fully saturated rings. The number of hydrogen-bond acceptors (Lipinski definition) is 5. The summed E-state index contributed by atoms with van der Waals surface area (Å²) in [5, 5.41) is 3.80. The van der Waals surface area contributed by atoms with E-state index in [1.54, 1.807) is 24.3 Å². The molecule has 4 rings (SSSR count). The number of nitrogens with zero attached hydrogens (tertiary/aromatic N) is 2. The third-order valence-corrected chi connectivity index (χ3v) is 6.07. The molecule has 1 N–H and O–H groups in total. The number of aryl methyl sites for hydroxylation is 2. The lowest BCUT2D eigenvalue weighted by Gasteiger charge is -2.28. The minimum atomic E-state index is -0.304. The Hall–Kier alpha value is -2.67. The summed E-state index contributed by atoms with van der Waals surface area (Å²) in [7, 11) is 0. The summed E-state index contributed by atoms with van der Waals surface area (Å²) >= 11 is 6.04. The van der Waals surface area contributed by atoms with Crippen molar-refractivity contribution in [1.29, 1.82) is 0 Å². The van der Waals surface area contributed by atoms with Crippen molar-refractivity contribution in [3.63, 3.8) is 0 Å². The Kier molecular flexibility index (Phi) is 6.41. The molecule has 2 aliphatic rings. The van der Waals surface area contributed by atoms with E-state index in [0.29, 0.717) is 48.2 Å². The Labute approximate surface area is 187 Å². The van der Waals surface area contributed by atoms with Crippen molar-refractivity contribution in [2.24, 2.45) is 0 Å². The normalized spacial score (nSPS) is 17.6. The summed E-state index contributed by atoms with van der Waals surface area (Å²) in [4.78, 5) is 30.2. The van der Waals surface area contributed by atoms with Crippen molar-refractivity contribution >= 4 is 34.7 Å². The number of imide groups is 1. The molecule has 162 valence electrons. The molecule has 0 aliphatic carbocycles. The van der Waals surface area contributed by atoms with Crippen molar-refractivity contribution in [3.8, 4) is 0 Å². The molecule has 0 atom stereocenters. The molecule has 7 heteroatoms. The highest BCUT2D eigenvalue weighted by Gasteiger charge is 2.39. The first kappa shape index (κ1) is 21.6. The molecule has 2 aromatic carbocycles. The van der Waals surface area contributed by atoms with Crippen LogP contribution in [0.2, 0.25) is 5.02 Å². The number of carbonyl (C=O) groups is 2. The third kappa shape index (κ3) is 4.66. The molecule has 0 bridgehead atoms. The van der Waals surface area contributed by atoms with Gasteiger partial charge in [-0.2, -0.15) is 0 Å². The number of halogens is 1. The fraction of sp³-hybridized carbons (Fsp3) is 0.333. The second kappa shape index (κ2) is 9.22. The van der Waals surface area contributed by atoms with Crippen LogP contribution in [0.4, 0.5) is 5.69 Å². The second-order valence-corrected chi connectivity index (χ2v) is 8.33. The van der Waals surface area contributed by atoms with Crippen LogP contribution in [-0.2, 0) is 14.3 Å². The third-order valence-electron chi connectivity index (χ3n) is 5.82. The van der Waals surface area contributed by atoms with Gasteiger partial charge in [0, 0.05) is 36.9 Å². The van der Waals surface area contributed by atoms with Crippen molar-refractivity contribution in [2.75, 3.05) is 44.7 Å². The number of morpholine rings is 1. The zero-order valence-corrected chi connectivity index (χ0v) is 18.5. The highest BCUT2D eigenvalue weighted by atomic mass is 35.5. The first-order chi connectivity index (χ1) is 14.9. The van der Waals surface area contributed by atoms with Crippen LogP contribution in [0.1, 0.15) is 16.7 Å². The standard InChI is InChI=1S/C24H26ClN3O3/c1-16-3-8-20(15-17(16)2)26-22-21(18-4-6-19(25)7-5-18)23(29)28(24(22)30)10-9-27-11-13-31-14-12-27/h3-8,15,26H,9-14H2,1-2H3. The smallest absolute Gasteiger partial charge is 0.278 e. The SMILES string of the molecule is Cc1ccc(NC2=C(c3ccc(Cl)cc3)C(=O)N(CCN3CCOCC3)C2=O)cc1C. The van der Waals surface area contributed by atoms with Crippen molar-refractivity contribution in [3.05, 3.63) is 69.9 Å². The lowest BCUT2D eigenvalue weighted by atomic mass is 10.0. The summed E-state index contributed by atoms with van der Waals surface area (Å²) in [6.45, 7) is 7.99. The summed E-state index contributed by atoms with van der Waals surface area (Å²) in [5.74, 6) is -0.589. The number of carbonyl (C=O) groups excluding carboxylic acids is 2. The Morgan fingerprint density at radius 2 is 1.65 bits per heavy atom. The molecule has 0 spiro atoms. The fourth-order valence-electron chi connectivity index (χ4n) is 3.81. The van der Waals surface area contributed by atoms with Crippen LogP contribution >= 0.6 is 11.6 Å². The monoisotopic (exact) mass is 439 g/mol. The van der Waals surface area contributed by atoms with Gasteiger partial charge in [0.15, 0.2) is 0 Å². The lowest BCUT2D eigenvalue weighted by Crippen LogP contribution is -2.43. The average Bonchev–Trinajstić information content (AvgIpc) is 3.00. The van der Waals surface area contributed by atoms with Gasteiger partial charge in [0.05, 0.1) is 18.8 Å². The Morgan fingerprint density at radius 1 is 0.935 bits per heavy atom. The van der Waals surface area contributed by atoms with Gasteiger partial charge in [-0.1, -0.05) is 29.8 Å². The quantitative estimate of drug-likeness (QED) is 0.698. The van der Waals surface area contributed by atoms with Gasteiger partial charge in [-0.15, -0.1) is 0 Å². The largest absolute Gasteiger partial charge is 0.379 e. The number of ether oxygens (including phenoxy) is 1. The van der Waals surface area contributed by atoms with Gasteiger partial charge in [-0.05, 0) is 54.8 Å². The number of rotatable bonds is 6. The average molecular weight is 440 g/mol. The summed E-state index contributed by atoms with van der Waals surface area (Å²) in [6, 6.07) is 12.9. The molecule has 0 aromatic heterocycles. The fourth-order valence-corrected chi connectivity index (χ4v) is 3.94. The maximum atomic E-state index is 13.3. The van der Waals surface area contributed by atoms with Crippen LogP contribution in [0, 0.1) is 13.8 Å². The van der Waals surface area contributed by atoms with Gasteiger partial charge in [-0.25, -0.2) is 0 Å². The first-order valence-corrected chi connectivity index (χ1v) is 10.8. The van der Waals surface area contributed by atoms with Gasteiger partial charge in [-0.3, -0.25) is 19.4 Å². The molecule has 2 amide bonds. The molecule has 1 saturated heterocycles. The van der Waals surface area contributed by atoms with E-state index >= 15 is 0 Å². The number of hydrogen-bond donors (Lipinski definition) is 1. The van der Waals surface area contributed by atoms with Crippen LogP contribution in [0.15, 0.2) is 48.2 Å². The van der Waals surface area contributed by atoms with E-state index in [9.17, 15) is 9.59 Å². The van der Waals surface area contributed by atoms with E-state index in [0.717, 1.165) is 24.3 Å². The van der Waals surface area contributed by atoms with E-state index in [-0.39, 0.29) is 11.8 Å². The van der Waals surface area contributed by atoms with Crippen LogP contribution < -0.4 is 5.32 Å². The summed E-state index contributed by atoms with van der Waals surface area (Å²) in [5.41, 5.74) is 4.40. The minimum Gasteiger partial charge on any atom is -0.379 e. The van der Waals surface area contributed by atoms with Gasteiger partial charge in [0.25, 0.3) is 11.8 Å². The number of benzene rings is 2. The number of nitrogens with one attached hydrogen (secondary N) is 1. The maximum absolute atomic E-state index is 13.3. The van der Waals surface area contributed by atoms with Gasteiger partial charge >= 0.3 is 0 Å². The lowest BCUT2D eigenvalue weighted by molar-refractivity contribution is -0.137. The predicted molar refractivity (Wildman–Crippen MR) is 122 cm³/mol. The zero-order valence-electron chi connectivity index (χ0n) is 17.8. The Balaban J connectivity index is 1.63. The molecule has 2 aliphatic heterocycles. The topological polar surface area (TPSA) is 61.9 Å². The van der Waals surface area contributed by atoms with E-state index < -0.39 is 0 Å². The molecule has 0 unspecified atom stereocenters. The highest BCUT2D eigenvalue weighted by Crippen LogP contribution is 2.31. The van der Waals surface area contributed by atoms with Crippen molar-refractivity contribution < 1.29 is 14.3 Å². The van der Waals surface area contributed by atoms with E-state index in [1.165, 1.54) is 10.5 Å². The predicted octanol–water partition coefficient (Wildman–Crippen LogP) is 3.48. The number of amides is 2. The van der Waals surface area contributed by atoms with Crippen LogP contribution in [0.5, 0.6) is 0 Å². The van der Waals surface area contributed by atoms with Gasteiger partial charge in [0.1, 0.15) is 5.70 Å². The van der Waals surface area contributed by atoms with Crippen LogP contribution in [0.25, 0.3) is 5.57 Å². The van der Waals surface area contributed by atoms with E-state index in [1.807, 2.05) is 32.0 Å². The molecular formula is C24H26ClN3O3. The van der Waals surface area contributed by atoms with Gasteiger partial charge in [0.2, 0.25) is 0 Å². The molecule has 0 radical (unpaired) electrons. The van der Waals surface area contributed by atoms with Crippen LogP contribution in [0.3, 0.4) is 0 Å². The van der Waals surface area contributed by atoms with Crippen molar-refractivity contribution in [2.45, 2.75) is 13.8 Å². The Bertz CT molecular complexity index is 1030. The molecule has 31 heavy (non-hydrogen) atoms. The van der Waals surface area contributed by atoms with Gasteiger partial charge < -0.3 is 10.1 Å². The first-order valence-electron chi connectivity index (χ1n) is 10.4. The highest BCUT2D eigenvalue weighted by molar-refractivity contribution is 6.36. The van der Waals surface area contributed by atoms with E-state index in [2.05, 4.69) is 10.2 Å². The maximum Gasteiger partial charge on any atom is 0.278 e. The summed E-state index contributed by atoms with van der Waals surface area (Å²) in [6.07, 6.45) is 0. The number of anilines is 1. The molecular weight excluding hydrogens is 414 g/mol. The molecule has 2 aromatic rings. The summed E-state index contributed by atoms with van der Waals surface area (Å²) < 4.78 is 5.38.